The number of non-ortho nitro benzene ring substituents is 1. The molecule has 0 spiro atoms. The molecule has 23 heavy (non-hydrogen) atoms. The van der Waals surface area contributed by atoms with Crippen molar-refractivity contribution in [2.75, 3.05) is 0 Å². The van der Waals surface area contributed by atoms with Gasteiger partial charge in [-0.15, -0.1) is 0 Å². The lowest BCUT2D eigenvalue weighted by molar-refractivity contribution is -0.394. The average Bonchev–Trinajstić information content (AvgIpc) is 2.53. The number of phenols is 1. The Labute approximate surface area is 129 Å². The summed E-state index contributed by atoms with van der Waals surface area (Å²) in [5.74, 6) is -0.0928. The molecule has 0 aromatic heterocycles. The molecule has 0 atom stereocenters. The van der Waals surface area contributed by atoms with E-state index in [2.05, 4.69) is 0 Å². The zero-order chi connectivity index (χ0) is 17.0. The van der Waals surface area contributed by atoms with Gasteiger partial charge in [0, 0.05) is 11.6 Å². The first kappa shape index (κ1) is 15.7. The quantitative estimate of drug-likeness (QED) is 0.399. The number of hydrogen-bond acceptors (Lipinski definition) is 6. The Balaban J connectivity index is 2.63. The Hall–Kier alpha value is -3.73. The standard InChI is InChI=1S/C15H9N3O5/c16-9-11(7-10-3-1-2-4-15(10)19)13-6-5-12(17(20)21)8-14(13)18(22)23/h1-8,19H/b11-7+. The summed E-state index contributed by atoms with van der Waals surface area (Å²) in [5, 5.41) is 40.8. The Morgan fingerprint density at radius 2 is 1.83 bits per heavy atom. The highest BCUT2D eigenvalue weighted by molar-refractivity contribution is 5.93. The highest BCUT2D eigenvalue weighted by atomic mass is 16.6. The summed E-state index contributed by atoms with van der Waals surface area (Å²) >= 11 is 0. The molecule has 2 aromatic carbocycles. The third-order valence-corrected chi connectivity index (χ3v) is 3.04. The molecule has 8 nitrogen and oxygen atoms in total. The van der Waals surface area contributed by atoms with Crippen LogP contribution in [0, 0.1) is 31.6 Å². The molecule has 0 fully saturated rings. The molecule has 0 saturated heterocycles. The lowest BCUT2D eigenvalue weighted by atomic mass is 10.0. The van der Waals surface area contributed by atoms with Crippen LogP contribution in [0.5, 0.6) is 5.75 Å². The second-order valence-electron chi connectivity index (χ2n) is 4.44. The number of phenolic OH excluding ortho intramolecular Hbond substituents is 1. The number of aromatic hydroxyl groups is 1. The first-order valence-electron chi connectivity index (χ1n) is 6.27. The first-order chi connectivity index (χ1) is 10.9. The van der Waals surface area contributed by atoms with Gasteiger partial charge in [-0.25, -0.2) is 0 Å². The highest BCUT2D eigenvalue weighted by Gasteiger charge is 2.22. The van der Waals surface area contributed by atoms with E-state index in [1.54, 1.807) is 12.1 Å². The lowest BCUT2D eigenvalue weighted by Crippen LogP contribution is -1.97. The van der Waals surface area contributed by atoms with E-state index in [1.807, 2.05) is 6.07 Å². The molecule has 0 amide bonds. The molecule has 0 bridgehead atoms. The number of allylic oxidation sites excluding steroid dienone is 1. The van der Waals surface area contributed by atoms with Gasteiger partial charge in [0.05, 0.1) is 27.0 Å². The average molecular weight is 311 g/mol. The molecule has 1 N–H and O–H groups in total. The summed E-state index contributed by atoms with van der Waals surface area (Å²) in [6.07, 6.45) is 1.28. The largest absolute Gasteiger partial charge is 0.507 e. The van der Waals surface area contributed by atoms with Gasteiger partial charge in [0.25, 0.3) is 11.4 Å². The molecule has 0 aliphatic rings. The maximum absolute atomic E-state index is 11.1. The summed E-state index contributed by atoms with van der Waals surface area (Å²) in [5.41, 5.74) is -0.848. The van der Waals surface area contributed by atoms with Gasteiger partial charge < -0.3 is 5.11 Å². The normalized spacial score (nSPS) is 10.8. The maximum atomic E-state index is 11.1. The van der Waals surface area contributed by atoms with Crippen LogP contribution >= 0.6 is 0 Å². The minimum Gasteiger partial charge on any atom is -0.507 e. The summed E-state index contributed by atoms with van der Waals surface area (Å²) in [7, 11) is 0. The van der Waals surface area contributed by atoms with Crippen LogP contribution in [0.15, 0.2) is 42.5 Å². The number of nitrogens with zero attached hydrogens (tertiary/aromatic N) is 3. The van der Waals surface area contributed by atoms with Crippen molar-refractivity contribution < 1.29 is 15.0 Å². The van der Waals surface area contributed by atoms with Crippen LogP contribution in [-0.4, -0.2) is 15.0 Å². The number of benzene rings is 2. The topological polar surface area (TPSA) is 130 Å². The van der Waals surface area contributed by atoms with Crippen molar-refractivity contribution in [3.8, 4) is 11.8 Å². The van der Waals surface area contributed by atoms with Gasteiger partial charge in [0.15, 0.2) is 0 Å². The van der Waals surface area contributed by atoms with Crippen molar-refractivity contribution in [1.82, 2.24) is 0 Å². The van der Waals surface area contributed by atoms with E-state index in [0.29, 0.717) is 5.56 Å². The predicted octanol–water partition coefficient (Wildman–Crippen LogP) is 3.27. The Kier molecular flexibility index (Phi) is 4.33. The molecule has 0 unspecified atom stereocenters. The van der Waals surface area contributed by atoms with Crippen LogP contribution < -0.4 is 0 Å². The number of nitro groups is 2. The minimum atomic E-state index is -0.793. The van der Waals surface area contributed by atoms with Crippen molar-refractivity contribution in [2.24, 2.45) is 0 Å². The van der Waals surface area contributed by atoms with E-state index < -0.39 is 21.2 Å². The molecule has 0 saturated carbocycles. The first-order valence-corrected chi connectivity index (χ1v) is 6.27. The molecular weight excluding hydrogens is 302 g/mol. The summed E-state index contributed by atoms with van der Waals surface area (Å²) in [6.45, 7) is 0. The minimum absolute atomic E-state index is 0.0636. The molecule has 0 radical (unpaired) electrons. The van der Waals surface area contributed by atoms with Gasteiger partial charge in [0.2, 0.25) is 0 Å². The van der Waals surface area contributed by atoms with Crippen LogP contribution in [0.4, 0.5) is 11.4 Å². The second kappa shape index (κ2) is 6.36. The molecule has 0 aliphatic carbocycles. The Morgan fingerprint density at radius 3 is 2.39 bits per heavy atom. The molecule has 0 heterocycles. The lowest BCUT2D eigenvalue weighted by Gasteiger charge is -2.03. The molecular formula is C15H9N3O5. The number of rotatable bonds is 4. The maximum Gasteiger partial charge on any atom is 0.284 e. The fourth-order valence-corrected chi connectivity index (χ4v) is 1.95. The van der Waals surface area contributed by atoms with Gasteiger partial charge in [-0.3, -0.25) is 20.2 Å². The number of para-hydroxylation sites is 1. The Bertz CT molecular complexity index is 868. The van der Waals surface area contributed by atoms with E-state index in [1.165, 1.54) is 18.2 Å². The number of hydrogen-bond donors (Lipinski definition) is 1. The monoisotopic (exact) mass is 311 g/mol. The predicted molar refractivity (Wildman–Crippen MR) is 81.3 cm³/mol. The molecule has 2 aromatic rings. The molecule has 0 aliphatic heterocycles. The fraction of sp³-hybridized carbons (Fsp3) is 0. The van der Waals surface area contributed by atoms with Crippen molar-refractivity contribution in [3.05, 3.63) is 73.8 Å². The van der Waals surface area contributed by atoms with Crippen LogP contribution in [0.25, 0.3) is 11.6 Å². The van der Waals surface area contributed by atoms with Crippen LogP contribution in [-0.2, 0) is 0 Å². The van der Waals surface area contributed by atoms with Crippen LogP contribution in [0.2, 0.25) is 0 Å². The van der Waals surface area contributed by atoms with Crippen molar-refractivity contribution in [2.45, 2.75) is 0 Å². The van der Waals surface area contributed by atoms with Gasteiger partial charge in [-0.05, 0) is 18.2 Å². The van der Waals surface area contributed by atoms with Crippen LogP contribution in [0.1, 0.15) is 11.1 Å². The third-order valence-electron chi connectivity index (χ3n) is 3.04. The van der Waals surface area contributed by atoms with Gasteiger partial charge in [0.1, 0.15) is 11.8 Å². The van der Waals surface area contributed by atoms with Crippen molar-refractivity contribution in [1.29, 1.82) is 5.26 Å². The van der Waals surface area contributed by atoms with E-state index in [-0.39, 0.29) is 16.9 Å². The van der Waals surface area contributed by atoms with Gasteiger partial charge >= 0.3 is 0 Å². The summed E-state index contributed by atoms with van der Waals surface area (Å²) < 4.78 is 0. The summed E-state index contributed by atoms with van der Waals surface area (Å²) in [6, 6.07) is 11.0. The van der Waals surface area contributed by atoms with Gasteiger partial charge in [-0.2, -0.15) is 5.26 Å². The third kappa shape index (κ3) is 3.30. The van der Waals surface area contributed by atoms with E-state index in [9.17, 15) is 30.6 Å². The molecule has 8 heteroatoms. The molecule has 2 rings (SSSR count). The highest BCUT2D eigenvalue weighted by Crippen LogP contribution is 2.32. The summed E-state index contributed by atoms with van der Waals surface area (Å²) in [4.78, 5) is 20.3. The van der Waals surface area contributed by atoms with E-state index in [4.69, 9.17) is 0 Å². The molecule has 114 valence electrons. The number of nitro benzene ring substituents is 2. The smallest absolute Gasteiger partial charge is 0.284 e. The van der Waals surface area contributed by atoms with E-state index in [0.717, 1.165) is 18.2 Å². The zero-order valence-corrected chi connectivity index (χ0v) is 11.5. The fourth-order valence-electron chi connectivity index (χ4n) is 1.95. The van der Waals surface area contributed by atoms with Crippen molar-refractivity contribution in [3.63, 3.8) is 0 Å². The van der Waals surface area contributed by atoms with Crippen LogP contribution in [0.3, 0.4) is 0 Å². The van der Waals surface area contributed by atoms with Gasteiger partial charge in [-0.1, -0.05) is 18.2 Å². The zero-order valence-electron chi connectivity index (χ0n) is 11.5. The SMILES string of the molecule is N#C/C(=C\c1ccccc1O)c1ccc([N+](=O)[O-])cc1[N+](=O)[O-]. The second-order valence-corrected chi connectivity index (χ2v) is 4.44. The number of nitriles is 1. The van der Waals surface area contributed by atoms with E-state index >= 15 is 0 Å². The Morgan fingerprint density at radius 1 is 1.13 bits per heavy atom. The van der Waals surface area contributed by atoms with Crippen molar-refractivity contribution >= 4 is 23.0 Å².